The van der Waals surface area contributed by atoms with Crippen LogP contribution in [0.3, 0.4) is 0 Å². The van der Waals surface area contributed by atoms with Gasteiger partial charge in [-0.2, -0.15) is 0 Å². The van der Waals surface area contributed by atoms with Crippen molar-refractivity contribution in [3.05, 3.63) is 0 Å². The third kappa shape index (κ3) is 7.35. The van der Waals surface area contributed by atoms with Gasteiger partial charge in [0.25, 0.3) is 0 Å². The molecule has 0 N–H and O–H groups in total. The van der Waals surface area contributed by atoms with Gasteiger partial charge in [0, 0.05) is 25.2 Å². The number of aromatic nitrogens is 2. The summed E-state index contributed by atoms with van der Waals surface area (Å²) in [6.07, 6.45) is 12.0. The zero-order valence-electron chi connectivity index (χ0n) is 18.9. The minimum absolute atomic E-state index is 0.199. The Kier molecular flexibility index (Phi) is 10.4. The van der Waals surface area contributed by atoms with E-state index in [9.17, 15) is 9.59 Å². The first-order chi connectivity index (χ1) is 15.1. The van der Waals surface area contributed by atoms with Crippen molar-refractivity contribution in [2.75, 3.05) is 24.6 Å². The Morgan fingerprint density at radius 3 is 1.52 bits per heavy atom. The highest BCUT2D eigenvalue weighted by atomic mass is 32.2. The Morgan fingerprint density at radius 2 is 1.16 bits per heavy atom. The standard InChI is InChI=1S/C22H36N4O2S3/c1-3-25(17-11-7-5-8-12-17)19(27)15-29-21-23-24-22(31-21)30-16-20(28)26(4-2)18-13-9-6-10-14-18/h17-18H,3-16H2,1-2H3. The lowest BCUT2D eigenvalue weighted by molar-refractivity contribution is -0.131. The minimum Gasteiger partial charge on any atom is -0.339 e. The fraction of sp³-hybridized carbons (Fsp3) is 0.818. The first-order valence-electron chi connectivity index (χ1n) is 11.8. The maximum absolute atomic E-state index is 12.7. The molecule has 174 valence electrons. The van der Waals surface area contributed by atoms with Gasteiger partial charge in [-0.05, 0) is 39.5 Å². The Balaban J connectivity index is 1.44. The fourth-order valence-electron chi connectivity index (χ4n) is 4.79. The van der Waals surface area contributed by atoms with E-state index in [0.29, 0.717) is 23.6 Å². The average molecular weight is 485 g/mol. The Morgan fingerprint density at radius 1 is 0.774 bits per heavy atom. The summed E-state index contributed by atoms with van der Waals surface area (Å²) in [5.41, 5.74) is 0. The molecule has 0 spiro atoms. The van der Waals surface area contributed by atoms with Crippen molar-refractivity contribution in [2.45, 2.75) is 98.8 Å². The van der Waals surface area contributed by atoms with Crippen LogP contribution in [0.5, 0.6) is 0 Å². The zero-order chi connectivity index (χ0) is 22.1. The molecule has 2 aliphatic rings. The monoisotopic (exact) mass is 484 g/mol. The second kappa shape index (κ2) is 13.0. The van der Waals surface area contributed by atoms with Crippen LogP contribution in [0.2, 0.25) is 0 Å². The summed E-state index contributed by atoms with van der Waals surface area (Å²) in [5.74, 6) is 1.22. The molecule has 1 aromatic rings. The number of amides is 2. The van der Waals surface area contributed by atoms with Crippen molar-refractivity contribution >= 4 is 46.7 Å². The summed E-state index contributed by atoms with van der Waals surface area (Å²) in [5, 5.41) is 8.47. The number of rotatable bonds is 10. The summed E-state index contributed by atoms with van der Waals surface area (Å²) < 4.78 is 1.62. The number of hydrogen-bond donors (Lipinski definition) is 0. The number of thioether (sulfide) groups is 2. The van der Waals surface area contributed by atoms with Gasteiger partial charge in [-0.15, -0.1) is 10.2 Å². The topological polar surface area (TPSA) is 66.4 Å². The summed E-state index contributed by atoms with van der Waals surface area (Å²) >= 11 is 4.43. The smallest absolute Gasteiger partial charge is 0.233 e. The van der Waals surface area contributed by atoms with Crippen LogP contribution in [0.25, 0.3) is 0 Å². The van der Waals surface area contributed by atoms with E-state index in [2.05, 4.69) is 24.0 Å². The van der Waals surface area contributed by atoms with Gasteiger partial charge < -0.3 is 9.80 Å². The van der Waals surface area contributed by atoms with Gasteiger partial charge in [-0.25, -0.2) is 0 Å². The molecule has 3 rings (SSSR count). The highest BCUT2D eigenvalue weighted by Gasteiger charge is 2.25. The molecule has 0 radical (unpaired) electrons. The quantitative estimate of drug-likeness (QED) is 0.431. The molecule has 0 atom stereocenters. The molecule has 9 heteroatoms. The zero-order valence-corrected chi connectivity index (χ0v) is 21.3. The average Bonchev–Trinajstić information content (AvgIpc) is 3.27. The Hall–Kier alpha value is -0.800. The lowest BCUT2D eigenvalue weighted by Crippen LogP contribution is -2.42. The van der Waals surface area contributed by atoms with Crippen LogP contribution in [0.4, 0.5) is 0 Å². The summed E-state index contributed by atoms with van der Waals surface area (Å²) in [6.45, 7) is 5.69. The lowest BCUT2D eigenvalue weighted by Gasteiger charge is -2.33. The van der Waals surface area contributed by atoms with Crippen molar-refractivity contribution in [2.24, 2.45) is 0 Å². The normalized spacial score (nSPS) is 18.1. The molecule has 0 aromatic carbocycles. The minimum atomic E-state index is 0.199. The van der Waals surface area contributed by atoms with Crippen LogP contribution in [-0.4, -0.2) is 68.5 Å². The van der Waals surface area contributed by atoms with E-state index in [1.165, 1.54) is 73.4 Å². The maximum Gasteiger partial charge on any atom is 0.233 e. The van der Waals surface area contributed by atoms with Gasteiger partial charge in [-0.3, -0.25) is 9.59 Å². The molecule has 2 fully saturated rings. The Labute approximate surface area is 199 Å². The molecule has 0 unspecified atom stereocenters. The largest absolute Gasteiger partial charge is 0.339 e. The van der Waals surface area contributed by atoms with E-state index in [-0.39, 0.29) is 11.8 Å². The molecule has 31 heavy (non-hydrogen) atoms. The number of carbonyl (C=O) groups is 2. The van der Waals surface area contributed by atoms with E-state index >= 15 is 0 Å². The highest BCUT2D eigenvalue weighted by molar-refractivity contribution is 8.03. The molecule has 1 aromatic heterocycles. The van der Waals surface area contributed by atoms with Crippen LogP contribution in [-0.2, 0) is 9.59 Å². The first-order valence-corrected chi connectivity index (χ1v) is 14.6. The predicted molar refractivity (Wildman–Crippen MR) is 130 cm³/mol. The molecule has 0 bridgehead atoms. The first kappa shape index (κ1) is 24.8. The van der Waals surface area contributed by atoms with Crippen LogP contribution >= 0.6 is 34.9 Å². The second-order valence-electron chi connectivity index (χ2n) is 8.35. The van der Waals surface area contributed by atoms with Crippen LogP contribution in [0, 0.1) is 0 Å². The van der Waals surface area contributed by atoms with Gasteiger partial charge >= 0.3 is 0 Å². The molecular weight excluding hydrogens is 448 g/mol. The molecule has 1 heterocycles. The van der Waals surface area contributed by atoms with E-state index < -0.39 is 0 Å². The fourth-order valence-corrected chi connectivity index (χ4v) is 7.58. The second-order valence-corrected chi connectivity index (χ2v) is 11.8. The van der Waals surface area contributed by atoms with Gasteiger partial charge in [0.1, 0.15) is 0 Å². The predicted octanol–water partition coefficient (Wildman–Crippen LogP) is 5.08. The molecule has 0 aliphatic heterocycles. The molecule has 6 nitrogen and oxygen atoms in total. The Bertz CT molecular complexity index is 646. The molecule has 0 saturated heterocycles. The number of nitrogens with zero attached hydrogens (tertiary/aromatic N) is 4. The lowest BCUT2D eigenvalue weighted by atomic mass is 9.94. The third-order valence-electron chi connectivity index (χ3n) is 6.38. The molecule has 2 amide bonds. The highest BCUT2D eigenvalue weighted by Crippen LogP contribution is 2.31. The van der Waals surface area contributed by atoms with Crippen LogP contribution in [0.1, 0.15) is 78.1 Å². The van der Waals surface area contributed by atoms with Gasteiger partial charge in [0.2, 0.25) is 11.8 Å². The number of hydrogen-bond acceptors (Lipinski definition) is 7. The van der Waals surface area contributed by atoms with Crippen molar-refractivity contribution in [3.8, 4) is 0 Å². The van der Waals surface area contributed by atoms with Crippen LogP contribution in [0.15, 0.2) is 8.68 Å². The molecular formula is C22H36N4O2S3. The summed E-state index contributed by atoms with van der Waals surface area (Å²) in [7, 11) is 0. The van der Waals surface area contributed by atoms with Gasteiger partial charge in [0.05, 0.1) is 11.5 Å². The van der Waals surface area contributed by atoms with Crippen LogP contribution < -0.4 is 0 Å². The van der Waals surface area contributed by atoms with E-state index in [0.717, 1.165) is 47.5 Å². The van der Waals surface area contributed by atoms with Gasteiger partial charge in [-0.1, -0.05) is 73.4 Å². The van der Waals surface area contributed by atoms with E-state index in [1.807, 2.05) is 9.80 Å². The van der Waals surface area contributed by atoms with Crippen molar-refractivity contribution < 1.29 is 9.59 Å². The SMILES string of the molecule is CCN(C(=O)CSc1nnc(SCC(=O)N(CC)C2CCCCC2)s1)C1CCCCC1. The van der Waals surface area contributed by atoms with Crippen molar-refractivity contribution in [3.63, 3.8) is 0 Å². The maximum atomic E-state index is 12.7. The van der Waals surface area contributed by atoms with Crippen molar-refractivity contribution in [1.82, 2.24) is 20.0 Å². The van der Waals surface area contributed by atoms with E-state index in [4.69, 9.17) is 0 Å². The third-order valence-corrected chi connectivity index (χ3v) is 9.54. The molecule has 2 aliphatic carbocycles. The molecule has 2 saturated carbocycles. The number of carbonyl (C=O) groups excluding carboxylic acids is 2. The van der Waals surface area contributed by atoms with Crippen molar-refractivity contribution in [1.29, 1.82) is 0 Å². The van der Waals surface area contributed by atoms with E-state index in [1.54, 1.807) is 0 Å². The summed E-state index contributed by atoms with van der Waals surface area (Å²) in [4.78, 5) is 29.6. The summed E-state index contributed by atoms with van der Waals surface area (Å²) in [6, 6.07) is 0.813. The van der Waals surface area contributed by atoms with Gasteiger partial charge in [0.15, 0.2) is 8.68 Å².